The van der Waals surface area contributed by atoms with Crippen molar-refractivity contribution < 1.29 is 17.6 Å². The van der Waals surface area contributed by atoms with E-state index in [1.807, 2.05) is 20.9 Å². The fourth-order valence-corrected chi connectivity index (χ4v) is 4.51. The van der Waals surface area contributed by atoms with Gasteiger partial charge in [0.15, 0.2) is 0 Å². The number of carbonyl (C=O) groups excluding carboxylic acids is 1. The lowest BCUT2D eigenvalue weighted by molar-refractivity contribution is -0.135. The molecule has 6 nitrogen and oxygen atoms in total. The van der Waals surface area contributed by atoms with Gasteiger partial charge in [-0.05, 0) is 50.1 Å². The van der Waals surface area contributed by atoms with E-state index in [2.05, 4.69) is 9.62 Å². The summed E-state index contributed by atoms with van der Waals surface area (Å²) in [6.07, 6.45) is 0.407. The Bertz CT molecular complexity index is 744. The van der Waals surface area contributed by atoms with Crippen molar-refractivity contribution in [1.82, 2.24) is 14.5 Å². The minimum absolute atomic E-state index is 0.00108. The minimum Gasteiger partial charge on any atom is -0.339 e. The van der Waals surface area contributed by atoms with Crippen LogP contribution in [0.4, 0.5) is 4.39 Å². The van der Waals surface area contributed by atoms with Crippen molar-refractivity contribution in [3.8, 4) is 0 Å². The first-order chi connectivity index (χ1) is 12.1. The number of carbonyl (C=O) groups is 1. The van der Waals surface area contributed by atoms with E-state index in [1.54, 1.807) is 4.90 Å². The van der Waals surface area contributed by atoms with Crippen molar-refractivity contribution in [2.45, 2.75) is 38.1 Å². The largest absolute Gasteiger partial charge is 0.339 e. The Morgan fingerprint density at radius 3 is 2.38 bits per heavy atom. The molecule has 0 aliphatic carbocycles. The maximum absolute atomic E-state index is 13.3. The van der Waals surface area contributed by atoms with E-state index in [0.29, 0.717) is 25.1 Å². The summed E-state index contributed by atoms with van der Waals surface area (Å²) in [4.78, 5) is 16.8. The molecule has 146 valence electrons. The molecule has 8 heteroatoms. The highest BCUT2D eigenvalue weighted by atomic mass is 32.2. The van der Waals surface area contributed by atoms with Crippen LogP contribution in [0.3, 0.4) is 0 Å². The summed E-state index contributed by atoms with van der Waals surface area (Å²) in [6.45, 7) is 8.14. The number of likely N-dealkylation sites (N-methyl/N-ethyl adjacent to an activating group) is 1. The van der Waals surface area contributed by atoms with Gasteiger partial charge < -0.3 is 9.80 Å². The fraction of sp³-hybridized carbons (Fsp3) is 0.611. The minimum atomic E-state index is -3.92. The van der Waals surface area contributed by atoms with Crippen LogP contribution in [0.2, 0.25) is 0 Å². The third-order valence-electron chi connectivity index (χ3n) is 4.54. The lowest BCUT2D eigenvalue weighted by Crippen LogP contribution is -2.54. The number of piperazine rings is 1. The van der Waals surface area contributed by atoms with Crippen molar-refractivity contribution in [1.29, 1.82) is 0 Å². The van der Waals surface area contributed by atoms with Gasteiger partial charge in [0.1, 0.15) is 11.9 Å². The normalized spacial score (nSPS) is 17.5. The lowest BCUT2D eigenvalue weighted by Gasteiger charge is -2.35. The van der Waals surface area contributed by atoms with Gasteiger partial charge in [0.05, 0.1) is 4.90 Å². The zero-order valence-electron chi connectivity index (χ0n) is 15.8. The maximum Gasteiger partial charge on any atom is 0.241 e. The number of nitrogens with one attached hydrogen (secondary N) is 1. The van der Waals surface area contributed by atoms with Gasteiger partial charge in [-0.3, -0.25) is 4.79 Å². The summed E-state index contributed by atoms with van der Waals surface area (Å²) in [5, 5.41) is 0. The van der Waals surface area contributed by atoms with Gasteiger partial charge in [-0.15, -0.1) is 0 Å². The number of rotatable bonds is 6. The summed E-state index contributed by atoms with van der Waals surface area (Å²) in [7, 11) is -1.93. The number of amides is 1. The summed E-state index contributed by atoms with van der Waals surface area (Å²) in [5.41, 5.74) is 0.313. The molecular formula is C18H28FN3O3S. The van der Waals surface area contributed by atoms with Crippen LogP contribution in [0.25, 0.3) is 0 Å². The Morgan fingerprint density at radius 1 is 1.23 bits per heavy atom. The first-order valence-electron chi connectivity index (χ1n) is 8.86. The van der Waals surface area contributed by atoms with Gasteiger partial charge in [-0.25, -0.2) is 12.8 Å². The summed E-state index contributed by atoms with van der Waals surface area (Å²) >= 11 is 0. The molecule has 26 heavy (non-hydrogen) atoms. The van der Waals surface area contributed by atoms with Crippen molar-refractivity contribution in [3.63, 3.8) is 0 Å². The molecule has 1 amide bonds. The van der Waals surface area contributed by atoms with Gasteiger partial charge in [-0.2, -0.15) is 4.72 Å². The Morgan fingerprint density at radius 2 is 1.85 bits per heavy atom. The average molecular weight is 386 g/mol. The zero-order valence-corrected chi connectivity index (χ0v) is 16.6. The summed E-state index contributed by atoms with van der Waals surface area (Å²) in [6, 6.07) is 2.70. The fourth-order valence-electron chi connectivity index (χ4n) is 3.08. The maximum atomic E-state index is 13.3. The number of nitrogens with zero attached hydrogens (tertiary/aromatic N) is 2. The van der Waals surface area contributed by atoms with Crippen LogP contribution in [-0.2, 0) is 14.8 Å². The number of halogens is 1. The van der Waals surface area contributed by atoms with Crippen LogP contribution in [0.5, 0.6) is 0 Å². The van der Waals surface area contributed by atoms with Crippen molar-refractivity contribution >= 4 is 15.9 Å². The molecule has 1 N–H and O–H groups in total. The highest BCUT2D eigenvalue weighted by Crippen LogP contribution is 2.18. The first kappa shape index (κ1) is 20.8. The molecule has 1 saturated heterocycles. The highest BCUT2D eigenvalue weighted by molar-refractivity contribution is 7.89. The molecule has 1 aromatic carbocycles. The number of hydrogen-bond donors (Lipinski definition) is 1. The van der Waals surface area contributed by atoms with E-state index in [4.69, 9.17) is 0 Å². The van der Waals surface area contributed by atoms with E-state index >= 15 is 0 Å². The van der Waals surface area contributed by atoms with Crippen LogP contribution in [-0.4, -0.2) is 63.4 Å². The number of benzene rings is 1. The molecule has 1 fully saturated rings. The average Bonchev–Trinajstić information content (AvgIpc) is 2.53. The number of hydrogen-bond acceptors (Lipinski definition) is 4. The molecule has 1 heterocycles. The molecule has 1 aliphatic rings. The van der Waals surface area contributed by atoms with Gasteiger partial charge in [0, 0.05) is 26.2 Å². The van der Waals surface area contributed by atoms with Crippen LogP contribution in [0, 0.1) is 18.7 Å². The van der Waals surface area contributed by atoms with E-state index in [1.165, 1.54) is 19.1 Å². The summed E-state index contributed by atoms with van der Waals surface area (Å²) in [5.74, 6) is -0.544. The van der Waals surface area contributed by atoms with Gasteiger partial charge in [-0.1, -0.05) is 13.8 Å². The predicted molar refractivity (Wildman–Crippen MR) is 98.8 cm³/mol. The Balaban J connectivity index is 2.22. The molecule has 0 bridgehead atoms. The van der Waals surface area contributed by atoms with Crippen LogP contribution in [0.15, 0.2) is 23.1 Å². The Labute approximate surface area is 155 Å². The highest BCUT2D eigenvalue weighted by Gasteiger charge is 2.31. The Hall–Kier alpha value is -1.51. The van der Waals surface area contributed by atoms with E-state index < -0.39 is 21.9 Å². The molecule has 1 aliphatic heterocycles. The molecule has 0 spiro atoms. The Kier molecular flexibility index (Phi) is 6.76. The second-order valence-corrected chi connectivity index (χ2v) is 9.02. The second-order valence-electron chi connectivity index (χ2n) is 7.34. The number of aryl methyl sites for hydroxylation is 1. The molecule has 2 rings (SSSR count). The molecule has 0 aromatic heterocycles. The third-order valence-corrected chi connectivity index (χ3v) is 6.18. The van der Waals surface area contributed by atoms with E-state index in [0.717, 1.165) is 19.2 Å². The molecule has 0 unspecified atom stereocenters. The molecule has 0 radical (unpaired) electrons. The van der Waals surface area contributed by atoms with Crippen molar-refractivity contribution in [2.24, 2.45) is 5.92 Å². The monoisotopic (exact) mass is 385 g/mol. The van der Waals surface area contributed by atoms with Crippen LogP contribution in [0.1, 0.15) is 25.8 Å². The number of sulfonamides is 1. The zero-order chi connectivity index (χ0) is 19.5. The van der Waals surface area contributed by atoms with Crippen LogP contribution < -0.4 is 4.72 Å². The van der Waals surface area contributed by atoms with E-state index in [9.17, 15) is 17.6 Å². The molecule has 1 aromatic rings. The van der Waals surface area contributed by atoms with Gasteiger partial charge >= 0.3 is 0 Å². The predicted octanol–water partition coefficient (Wildman–Crippen LogP) is 1.60. The molecule has 0 saturated carbocycles. The SMILES string of the molecule is Cc1cc(F)ccc1S(=O)(=O)N[C@H](CC(C)C)C(=O)N1CCN(C)CC1. The van der Waals surface area contributed by atoms with E-state index in [-0.39, 0.29) is 16.7 Å². The molecular weight excluding hydrogens is 357 g/mol. The van der Waals surface area contributed by atoms with Gasteiger partial charge in [0.2, 0.25) is 15.9 Å². The molecule has 1 atom stereocenters. The smallest absolute Gasteiger partial charge is 0.241 e. The lowest BCUT2D eigenvalue weighted by atomic mass is 10.0. The first-order valence-corrected chi connectivity index (χ1v) is 10.3. The topological polar surface area (TPSA) is 69.7 Å². The third kappa shape index (κ3) is 5.25. The second kappa shape index (κ2) is 8.45. The standard InChI is InChI=1S/C18H28FN3O3S/c1-13(2)11-16(18(23)22-9-7-21(4)8-10-22)20-26(24,25)17-6-5-15(19)12-14(17)3/h5-6,12-13,16,20H,7-11H2,1-4H3/t16-/m1/s1. The quantitative estimate of drug-likeness (QED) is 0.808. The van der Waals surface area contributed by atoms with Crippen LogP contribution >= 0.6 is 0 Å². The van der Waals surface area contributed by atoms with Crippen molar-refractivity contribution in [2.75, 3.05) is 33.2 Å². The van der Waals surface area contributed by atoms with Crippen molar-refractivity contribution in [3.05, 3.63) is 29.6 Å². The summed E-state index contributed by atoms with van der Waals surface area (Å²) < 4.78 is 41.4. The van der Waals surface area contributed by atoms with Gasteiger partial charge in [0.25, 0.3) is 0 Å².